The van der Waals surface area contributed by atoms with Crippen LogP contribution in [0.5, 0.6) is 0 Å². The highest BCUT2D eigenvalue weighted by atomic mass is 15.1. The lowest BCUT2D eigenvalue weighted by Gasteiger charge is -2.14. The highest BCUT2D eigenvalue weighted by molar-refractivity contribution is 5.57. The van der Waals surface area contributed by atoms with Crippen LogP contribution in [0.4, 0.5) is 11.6 Å². The third-order valence-electron chi connectivity index (χ3n) is 3.63. The van der Waals surface area contributed by atoms with Gasteiger partial charge in [0, 0.05) is 25.1 Å². The van der Waals surface area contributed by atoms with Gasteiger partial charge in [-0.1, -0.05) is 19.8 Å². The van der Waals surface area contributed by atoms with E-state index in [1.807, 2.05) is 0 Å². The minimum atomic E-state index is 0.870. The molecule has 0 bridgehead atoms. The first-order valence-corrected chi connectivity index (χ1v) is 7.59. The Morgan fingerprint density at radius 1 is 1.11 bits per heavy atom. The standard InChI is InChI=1S/C15H26N4/c1-4-13-18-14(16-5-2)11(3)15(19-13)17-10-6-7-12-8-9-12/h12H,4-10H2,1-3H3,(H2,16,17,18,19). The highest BCUT2D eigenvalue weighted by Gasteiger charge is 2.20. The smallest absolute Gasteiger partial charge is 0.134 e. The van der Waals surface area contributed by atoms with Crippen LogP contribution in [-0.4, -0.2) is 23.1 Å². The maximum Gasteiger partial charge on any atom is 0.134 e. The molecule has 0 aliphatic heterocycles. The quantitative estimate of drug-likeness (QED) is 0.705. The molecule has 0 unspecified atom stereocenters. The molecule has 1 aliphatic rings. The molecule has 0 saturated heterocycles. The van der Waals surface area contributed by atoms with Crippen LogP contribution in [0.2, 0.25) is 0 Å². The van der Waals surface area contributed by atoms with Crippen LogP contribution in [-0.2, 0) is 6.42 Å². The third-order valence-corrected chi connectivity index (χ3v) is 3.63. The number of hydrogen-bond donors (Lipinski definition) is 2. The van der Waals surface area contributed by atoms with Gasteiger partial charge in [-0.15, -0.1) is 0 Å². The van der Waals surface area contributed by atoms with Crippen LogP contribution in [0.25, 0.3) is 0 Å². The van der Waals surface area contributed by atoms with Crippen molar-refractivity contribution in [3.05, 3.63) is 11.4 Å². The minimum absolute atomic E-state index is 0.870. The molecule has 1 saturated carbocycles. The van der Waals surface area contributed by atoms with Crippen molar-refractivity contribution in [2.24, 2.45) is 5.92 Å². The fourth-order valence-electron chi connectivity index (χ4n) is 2.24. The number of nitrogens with one attached hydrogen (secondary N) is 2. The van der Waals surface area contributed by atoms with Gasteiger partial charge in [0.25, 0.3) is 0 Å². The Labute approximate surface area is 116 Å². The van der Waals surface area contributed by atoms with E-state index >= 15 is 0 Å². The second-order valence-corrected chi connectivity index (χ2v) is 5.36. The molecule has 1 aromatic rings. The molecule has 0 amide bonds. The van der Waals surface area contributed by atoms with E-state index in [1.54, 1.807) is 0 Å². The molecule has 1 fully saturated rings. The predicted molar refractivity (Wildman–Crippen MR) is 80.8 cm³/mol. The van der Waals surface area contributed by atoms with Crippen LogP contribution in [0, 0.1) is 12.8 Å². The average Bonchev–Trinajstić information content (AvgIpc) is 3.22. The fourth-order valence-corrected chi connectivity index (χ4v) is 2.24. The van der Waals surface area contributed by atoms with Crippen molar-refractivity contribution in [3.8, 4) is 0 Å². The summed E-state index contributed by atoms with van der Waals surface area (Å²) < 4.78 is 0. The van der Waals surface area contributed by atoms with Gasteiger partial charge in [0.15, 0.2) is 0 Å². The van der Waals surface area contributed by atoms with Gasteiger partial charge in [0.2, 0.25) is 0 Å². The van der Waals surface area contributed by atoms with Crippen molar-refractivity contribution in [1.29, 1.82) is 0 Å². The molecule has 0 spiro atoms. The summed E-state index contributed by atoms with van der Waals surface area (Å²) in [5.41, 5.74) is 1.13. The first-order chi connectivity index (χ1) is 9.24. The molecular formula is C15H26N4. The minimum Gasteiger partial charge on any atom is -0.370 e. The lowest BCUT2D eigenvalue weighted by atomic mass is 10.2. The molecule has 0 aromatic carbocycles. The molecule has 4 heteroatoms. The summed E-state index contributed by atoms with van der Waals surface area (Å²) in [5, 5.41) is 6.80. The second-order valence-electron chi connectivity index (χ2n) is 5.36. The molecule has 1 aromatic heterocycles. The van der Waals surface area contributed by atoms with E-state index in [1.165, 1.54) is 25.7 Å². The number of rotatable bonds is 8. The average molecular weight is 262 g/mol. The molecule has 0 atom stereocenters. The summed E-state index contributed by atoms with van der Waals surface area (Å²) in [5.74, 6) is 3.89. The van der Waals surface area contributed by atoms with Crippen LogP contribution < -0.4 is 10.6 Å². The van der Waals surface area contributed by atoms with Gasteiger partial charge < -0.3 is 10.6 Å². The topological polar surface area (TPSA) is 49.8 Å². The third kappa shape index (κ3) is 4.08. The highest BCUT2D eigenvalue weighted by Crippen LogP contribution is 2.33. The predicted octanol–water partition coefficient (Wildman–Crippen LogP) is 3.38. The van der Waals surface area contributed by atoms with E-state index in [-0.39, 0.29) is 0 Å². The van der Waals surface area contributed by atoms with E-state index in [4.69, 9.17) is 0 Å². The molecule has 2 N–H and O–H groups in total. The van der Waals surface area contributed by atoms with Gasteiger partial charge in [-0.3, -0.25) is 0 Å². The number of anilines is 2. The second kappa shape index (κ2) is 6.73. The maximum absolute atomic E-state index is 4.60. The molecule has 1 heterocycles. The summed E-state index contributed by atoms with van der Waals surface area (Å²) in [7, 11) is 0. The molecule has 2 rings (SSSR count). The Morgan fingerprint density at radius 2 is 1.79 bits per heavy atom. The summed E-state index contributed by atoms with van der Waals surface area (Å²) >= 11 is 0. The van der Waals surface area contributed by atoms with E-state index in [2.05, 4.69) is 41.4 Å². The molecule has 106 valence electrons. The zero-order chi connectivity index (χ0) is 13.7. The summed E-state index contributed by atoms with van der Waals surface area (Å²) in [6.45, 7) is 8.18. The first-order valence-electron chi connectivity index (χ1n) is 7.59. The summed E-state index contributed by atoms with van der Waals surface area (Å²) in [4.78, 5) is 9.15. The van der Waals surface area contributed by atoms with Crippen molar-refractivity contribution in [1.82, 2.24) is 9.97 Å². The Balaban J connectivity index is 1.97. The van der Waals surface area contributed by atoms with Gasteiger partial charge in [-0.05, 0) is 32.6 Å². The van der Waals surface area contributed by atoms with E-state index in [9.17, 15) is 0 Å². The zero-order valence-corrected chi connectivity index (χ0v) is 12.4. The van der Waals surface area contributed by atoms with E-state index in [0.29, 0.717) is 0 Å². The SMILES string of the molecule is CCNc1nc(CC)nc(NCCCC2CC2)c1C. The van der Waals surface area contributed by atoms with Gasteiger partial charge in [-0.25, -0.2) is 9.97 Å². The van der Waals surface area contributed by atoms with E-state index in [0.717, 1.165) is 48.5 Å². The molecule has 0 radical (unpaired) electrons. The Bertz CT molecular complexity index is 413. The molecular weight excluding hydrogens is 236 g/mol. The van der Waals surface area contributed by atoms with Gasteiger partial charge in [-0.2, -0.15) is 0 Å². The van der Waals surface area contributed by atoms with E-state index < -0.39 is 0 Å². The number of aryl methyl sites for hydroxylation is 1. The Morgan fingerprint density at radius 3 is 2.37 bits per heavy atom. The van der Waals surface area contributed by atoms with Crippen LogP contribution in [0.3, 0.4) is 0 Å². The summed E-state index contributed by atoms with van der Waals surface area (Å²) in [6, 6.07) is 0. The lowest BCUT2D eigenvalue weighted by molar-refractivity contribution is 0.686. The van der Waals surface area contributed by atoms with Gasteiger partial charge in [0.1, 0.15) is 17.5 Å². The van der Waals surface area contributed by atoms with Gasteiger partial charge in [0.05, 0.1) is 0 Å². The molecule has 1 aliphatic carbocycles. The zero-order valence-electron chi connectivity index (χ0n) is 12.4. The summed E-state index contributed by atoms with van der Waals surface area (Å²) in [6.07, 6.45) is 6.35. The fraction of sp³-hybridized carbons (Fsp3) is 0.733. The first kappa shape index (κ1) is 14.1. The van der Waals surface area contributed by atoms with Crippen LogP contribution in [0.1, 0.15) is 50.9 Å². The van der Waals surface area contributed by atoms with Crippen molar-refractivity contribution in [2.45, 2.75) is 52.9 Å². The van der Waals surface area contributed by atoms with Crippen molar-refractivity contribution in [3.63, 3.8) is 0 Å². The number of aromatic nitrogens is 2. The van der Waals surface area contributed by atoms with Crippen LogP contribution in [0.15, 0.2) is 0 Å². The lowest BCUT2D eigenvalue weighted by Crippen LogP contribution is -2.11. The number of hydrogen-bond acceptors (Lipinski definition) is 4. The number of nitrogens with zero attached hydrogens (tertiary/aromatic N) is 2. The van der Waals surface area contributed by atoms with Gasteiger partial charge >= 0.3 is 0 Å². The molecule has 19 heavy (non-hydrogen) atoms. The normalized spacial score (nSPS) is 14.5. The Hall–Kier alpha value is -1.32. The van der Waals surface area contributed by atoms with Crippen molar-refractivity contribution >= 4 is 11.6 Å². The monoisotopic (exact) mass is 262 g/mol. The van der Waals surface area contributed by atoms with Crippen molar-refractivity contribution < 1.29 is 0 Å². The maximum atomic E-state index is 4.60. The largest absolute Gasteiger partial charge is 0.370 e. The van der Waals surface area contributed by atoms with Crippen molar-refractivity contribution in [2.75, 3.05) is 23.7 Å². The Kier molecular flexibility index (Phi) is 5.00. The van der Waals surface area contributed by atoms with Crippen LogP contribution >= 0.6 is 0 Å². The molecule has 4 nitrogen and oxygen atoms in total.